The van der Waals surface area contributed by atoms with Crippen molar-refractivity contribution in [1.82, 2.24) is 9.88 Å². The SMILES string of the molecule is COc1cccc([C@H]2CCN(Cc3cscn3)C2)c1OC. The molecule has 0 unspecified atom stereocenters. The van der Waals surface area contributed by atoms with Gasteiger partial charge >= 0.3 is 0 Å². The Hall–Kier alpha value is -1.59. The molecule has 0 amide bonds. The Morgan fingerprint density at radius 1 is 1.33 bits per heavy atom. The normalized spacial score (nSPS) is 18.9. The highest BCUT2D eigenvalue weighted by molar-refractivity contribution is 7.07. The van der Waals surface area contributed by atoms with Gasteiger partial charge in [0.15, 0.2) is 11.5 Å². The van der Waals surface area contributed by atoms with Gasteiger partial charge in [0, 0.05) is 30.0 Å². The second kappa shape index (κ2) is 6.45. The molecule has 21 heavy (non-hydrogen) atoms. The summed E-state index contributed by atoms with van der Waals surface area (Å²) in [7, 11) is 3.40. The number of ether oxygens (including phenoxy) is 2. The van der Waals surface area contributed by atoms with Crippen LogP contribution >= 0.6 is 11.3 Å². The lowest BCUT2D eigenvalue weighted by Gasteiger charge is -2.18. The van der Waals surface area contributed by atoms with E-state index < -0.39 is 0 Å². The Bertz CT molecular complexity index is 586. The fourth-order valence-electron chi connectivity index (χ4n) is 3.01. The van der Waals surface area contributed by atoms with Crippen molar-refractivity contribution in [2.24, 2.45) is 0 Å². The second-order valence-electron chi connectivity index (χ2n) is 5.28. The molecular formula is C16H20N2O2S. The summed E-state index contributed by atoms with van der Waals surface area (Å²) in [5.41, 5.74) is 4.31. The van der Waals surface area contributed by atoms with E-state index in [4.69, 9.17) is 9.47 Å². The number of thiazole rings is 1. The van der Waals surface area contributed by atoms with Gasteiger partial charge in [-0.25, -0.2) is 4.98 Å². The molecule has 1 aliphatic heterocycles. The monoisotopic (exact) mass is 304 g/mol. The van der Waals surface area contributed by atoms with Crippen LogP contribution in [0.4, 0.5) is 0 Å². The maximum absolute atomic E-state index is 5.57. The predicted molar refractivity (Wildman–Crippen MR) is 84.3 cm³/mol. The summed E-state index contributed by atoms with van der Waals surface area (Å²) in [6.45, 7) is 3.08. The Balaban J connectivity index is 1.74. The van der Waals surface area contributed by atoms with E-state index in [-0.39, 0.29) is 0 Å². The van der Waals surface area contributed by atoms with Crippen LogP contribution < -0.4 is 9.47 Å². The van der Waals surface area contributed by atoms with Gasteiger partial charge in [0.25, 0.3) is 0 Å². The molecule has 0 N–H and O–H groups in total. The molecule has 0 radical (unpaired) electrons. The molecule has 1 aromatic heterocycles. The highest BCUT2D eigenvalue weighted by atomic mass is 32.1. The first-order valence-corrected chi connectivity index (χ1v) is 8.06. The van der Waals surface area contributed by atoms with Crippen LogP contribution in [-0.2, 0) is 6.54 Å². The first-order valence-electron chi connectivity index (χ1n) is 7.12. The van der Waals surface area contributed by atoms with Gasteiger partial charge in [-0.1, -0.05) is 12.1 Å². The fourth-order valence-corrected chi connectivity index (χ4v) is 3.56. The van der Waals surface area contributed by atoms with Gasteiger partial charge in [0.05, 0.1) is 25.4 Å². The van der Waals surface area contributed by atoms with Gasteiger partial charge < -0.3 is 9.47 Å². The molecule has 1 atom stereocenters. The zero-order valence-corrected chi connectivity index (χ0v) is 13.2. The number of aromatic nitrogens is 1. The van der Waals surface area contributed by atoms with E-state index in [1.54, 1.807) is 25.6 Å². The lowest BCUT2D eigenvalue weighted by Crippen LogP contribution is -2.20. The molecule has 2 heterocycles. The zero-order valence-electron chi connectivity index (χ0n) is 12.4. The number of hydrogen-bond donors (Lipinski definition) is 0. The summed E-state index contributed by atoms with van der Waals surface area (Å²) in [4.78, 5) is 6.83. The van der Waals surface area contributed by atoms with Crippen LogP contribution in [0.1, 0.15) is 23.6 Å². The average molecular weight is 304 g/mol. The summed E-state index contributed by atoms with van der Waals surface area (Å²) in [6, 6.07) is 6.14. The minimum Gasteiger partial charge on any atom is -0.493 e. The molecule has 0 aliphatic carbocycles. The number of para-hydroxylation sites is 1. The van der Waals surface area contributed by atoms with Crippen LogP contribution in [0.25, 0.3) is 0 Å². The first kappa shape index (κ1) is 14.4. The number of likely N-dealkylation sites (tertiary alicyclic amines) is 1. The summed E-state index contributed by atoms with van der Waals surface area (Å²) in [5.74, 6) is 2.18. The molecule has 1 aromatic carbocycles. The van der Waals surface area contributed by atoms with Crippen molar-refractivity contribution in [2.75, 3.05) is 27.3 Å². The van der Waals surface area contributed by atoms with Crippen LogP contribution in [0.2, 0.25) is 0 Å². The molecule has 2 aromatic rings. The third-order valence-electron chi connectivity index (χ3n) is 4.01. The molecule has 1 saturated heterocycles. The number of methoxy groups -OCH3 is 2. The van der Waals surface area contributed by atoms with E-state index in [9.17, 15) is 0 Å². The standard InChI is InChI=1S/C16H20N2O2S/c1-19-15-5-3-4-14(16(15)20-2)12-6-7-18(8-12)9-13-10-21-11-17-13/h3-5,10-12H,6-9H2,1-2H3/t12-/m0/s1. The molecule has 112 valence electrons. The van der Waals surface area contributed by atoms with Gasteiger partial charge in [-0.2, -0.15) is 0 Å². The molecule has 1 fully saturated rings. The third kappa shape index (κ3) is 3.04. The predicted octanol–water partition coefficient (Wildman–Crippen LogP) is 3.15. The number of rotatable bonds is 5. The third-order valence-corrected chi connectivity index (χ3v) is 4.65. The molecule has 1 aliphatic rings. The van der Waals surface area contributed by atoms with Crippen LogP contribution in [0.15, 0.2) is 29.1 Å². The Kier molecular flexibility index (Phi) is 4.41. The lowest BCUT2D eigenvalue weighted by molar-refractivity contribution is 0.320. The van der Waals surface area contributed by atoms with Gasteiger partial charge in [-0.05, 0) is 19.0 Å². The maximum atomic E-state index is 5.57. The van der Waals surface area contributed by atoms with Gasteiger partial charge in [-0.3, -0.25) is 4.90 Å². The minimum absolute atomic E-state index is 0.494. The topological polar surface area (TPSA) is 34.6 Å². The van der Waals surface area contributed by atoms with Crippen molar-refractivity contribution < 1.29 is 9.47 Å². The smallest absolute Gasteiger partial charge is 0.164 e. The van der Waals surface area contributed by atoms with Gasteiger partial charge in [0.1, 0.15) is 0 Å². The van der Waals surface area contributed by atoms with Gasteiger partial charge in [-0.15, -0.1) is 11.3 Å². The molecule has 0 spiro atoms. The summed E-state index contributed by atoms with van der Waals surface area (Å²) >= 11 is 1.66. The van der Waals surface area contributed by atoms with Crippen LogP contribution in [0, 0.1) is 0 Å². The van der Waals surface area contributed by atoms with E-state index in [1.807, 2.05) is 17.6 Å². The number of nitrogens with zero attached hydrogens (tertiary/aromatic N) is 2. The summed E-state index contributed by atoms with van der Waals surface area (Å²) in [6.07, 6.45) is 1.15. The summed E-state index contributed by atoms with van der Waals surface area (Å²) in [5, 5.41) is 2.12. The van der Waals surface area contributed by atoms with Crippen molar-refractivity contribution in [3.05, 3.63) is 40.3 Å². The number of hydrogen-bond acceptors (Lipinski definition) is 5. The van der Waals surface area contributed by atoms with Crippen LogP contribution in [0.5, 0.6) is 11.5 Å². The zero-order chi connectivity index (χ0) is 14.7. The Labute approximate surface area is 129 Å². The van der Waals surface area contributed by atoms with E-state index in [0.717, 1.165) is 37.6 Å². The molecular weight excluding hydrogens is 284 g/mol. The van der Waals surface area contributed by atoms with Crippen LogP contribution in [-0.4, -0.2) is 37.2 Å². The highest BCUT2D eigenvalue weighted by Gasteiger charge is 2.27. The molecule has 3 rings (SSSR count). The van der Waals surface area contributed by atoms with Gasteiger partial charge in [0.2, 0.25) is 0 Å². The molecule has 0 saturated carbocycles. The first-order chi connectivity index (χ1) is 10.3. The maximum Gasteiger partial charge on any atom is 0.164 e. The lowest BCUT2D eigenvalue weighted by atomic mass is 9.97. The van der Waals surface area contributed by atoms with E-state index >= 15 is 0 Å². The molecule has 4 nitrogen and oxygen atoms in total. The van der Waals surface area contributed by atoms with Crippen molar-refractivity contribution in [1.29, 1.82) is 0 Å². The average Bonchev–Trinajstić information content (AvgIpc) is 3.18. The highest BCUT2D eigenvalue weighted by Crippen LogP contribution is 2.39. The summed E-state index contributed by atoms with van der Waals surface area (Å²) < 4.78 is 11.0. The minimum atomic E-state index is 0.494. The Morgan fingerprint density at radius 3 is 2.95 bits per heavy atom. The van der Waals surface area contributed by atoms with Crippen molar-refractivity contribution in [3.63, 3.8) is 0 Å². The van der Waals surface area contributed by atoms with E-state index in [0.29, 0.717) is 5.92 Å². The largest absolute Gasteiger partial charge is 0.493 e. The van der Waals surface area contributed by atoms with Crippen molar-refractivity contribution >= 4 is 11.3 Å². The quantitative estimate of drug-likeness (QED) is 0.850. The van der Waals surface area contributed by atoms with Crippen LogP contribution in [0.3, 0.4) is 0 Å². The van der Waals surface area contributed by atoms with E-state index in [2.05, 4.69) is 21.3 Å². The van der Waals surface area contributed by atoms with Crippen molar-refractivity contribution in [3.8, 4) is 11.5 Å². The number of benzene rings is 1. The second-order valence-corrected chi connectivity index (χ2v) is 6.00. The Morgan fingerprint density at radius 2 is 2.24 bits per heavy atom. The fraction of sp³-hybridized carbons (Fsp3) is 0.438. The molecule has 0 bridgehead atoms. The van der Waals surface area contributed by atoms with E-state index in [1.165, 1.54) is 11.3 Å². The molecule has 5 heteroatoms. The van der Waals surface area contributed by atoms with Crippen molar-refractivity contribution in [2.45, 2.75) is 18.9 Å².